The predicted octanol–water partition coefficient (Wildman–Crippen LogP) is 3.25. The van der Waals surface area contributed by atoms with Crippen LogP contribution in [-0.2, 0) is 11.3 Å². The number of para-hydroxylation sites is 1. The molecule has 5 rings (SSSR count). The molecule has 7 nitrogen and oxygen atoms in total. The number of halogens is 1. The molecule has 0 aliphatic carbocycles. The number of carbonyl (C=O) groups is 2. The summed E-state index contributed by atoms with van der Waals surface area (Å²) in [6.07, 6.45) is 3.53. The number of aryl methyl sites for hydroxylation is 1. The highest BCUT2D eigenvalue weighted by atomic mass is 35.5. The number of likely N-dealkylation sites (tertiary alicyclic amines) is 1. The van der Waals surface area contributed by atoms with E-state index in [9.17, 15) is 9.59 Å². The highest BCUT2D eigenvalue weighted by molar-refractivity contribution is 6.31. The average molecular weight is 424 g/mol. The highest BCUT2D eigenvalue weighted by Gasteiger charge is 2.40. The number of nitrogens with one attached hydrogen (secondary N) is 2. The van der Waals surface area contributed by atoms with E-state index in [2.05, 4.69) is 15.7 Å². The number of benzene rings is 2. The van der Waals surface area contributed by atoms with Crippen molar-refractivity contribution in [3.63, 3.8) is 0 Å². The van der Waals surface area contributed by atoms with Gasteiger partial charge in [-0.1, -0.05) is 29.8 Å². The molecular weight excluding hydrogens is 402 g/mol. The van der Waals surface area contributed by atoms with E-state index in [0.717, 1.165) is 16.6 Å². The Labute approximate surface area is 179 Å². The number of carbonyl (C=O) groups excluding carboxylic acids is 2. The monoisotopic (exact) mass is 423 g/mol. The zero-order valence-corrected chi connectivity index (χ0v) is 17.2. The van der Waals surface area contributed by atoms with E-state index in [1.54, 1.807) is 12.1 Å². The van der Waals surface area contributed by atoms with Crippen LogP contribution in [0.3, 0.4) is 0 Å². The molecule has 1 fully saturated rings. The van der Waals surface area contributed by atoms with Crippen LogP contribution >= 0.6 is 11.6 Å². The lowest BCUT2D eigenvalue weighted by Crippen LogP contribution is -2.62. The number of piperidine rings is 1. The molecule has 2 aromatic carbocycles. The quantitative estimate of drug-likeness (QED) is 0.677. The first-order valence-electron chi connectivity index (χ1n) is 10.1. The van der Waals surface area contributed by atoms with Crippen molar-refractivity contribution >= 4 is 40.0 Å². The van der Waals surface area contributed by atoms with E-state index < -0.39 is 5.66 Å². The summed E-state index contributed by atoms with van der Waals surface area (Å²) in [4.78, 5) is 27.2. The molecule has 2 aliphatic rings. The van der Waals surface area contributed by atoms with Gasteiger partial charge in [0.2, 0.25) is 5.91 Å². The van der Waals surface area contributed by atoms with Gasteiger partial charge in [0.05, 0.1) is 23.8 Å². The molecule has 8 heteroatoms. The number of nitrogens with zero attached hydrogens (tertiary/aromatic N) is 3. The molecule has 0 radical (unpaired) electrons. The number of hydrogen-bond donors (Lipinski definition) is 2. The van der Waals surface area contributed by atoms with Crippen molar-refractivity contribution in [2.45, 2.75) is 31.5 Å². The maximum atomic E-state index is 12.8. The lowest BCUT2D eigenvalue weighted by Gasteiger charge is -2.46. The van der Waals surface area contributed by atoms with Crippen molar-refractivity contribution in [1.82, 2.24) is 20.0 Å². The van der Waals surface area contributed by atoms with Crippen molar-refractivity contribution in [2.24, 2.45) is 0 Å². The second-order valence-electron chi connectivity index (χ2n) is 7.91. The van der Waals surface area contributed by atoms with Gasteiger partial charge in [-0.05, 0) is 24.3 Å². The van der Waals surface area contributed by atoms with Crippen LogP contribution in [0.1, 0.15) is 29.6 Å². The van der Waals surface area contributed by atoms with E-state index >= 15 is 0 Å². The number of hydrogen-bond acceptors (Lipinski definition) is 4. The van der Waals surface area contributed by atoms with E-state index in [1.165, 1.54) is 0 Å². The minimum atomic E-state index is -0.521. The molecule has 0 unspecified atom stereocenters. The van der Waals surface area contributed by atoms with E-state index in [1.807, 2.05) is 46.1 Å². The van der Waals surface area contributed by atoms with Crippen LogP contribution in [0.5, 0.6) is 0 Å². The fraction of sp³-hybridized carbons (Fsp3) is 0.318. The fourth-order valence-corrected chi connectivity index (χ4v) is 4.51. The summed E-state index contributed by atoms with van der Waals surface area (Å²) in [5.74, 6) is -0.0182. The fourth-order valence-electron chi connectivity index (χ4n) is 4.34. The van der Waals surface area contributed by atoms with Gasteiger partial charge in [0, 0.05) is 48.4 Å². The Morgan fingerprint density at radius 1 is 1.13 bits per heavy atom. The summed E-state index contributed by atoms with van der Waals surface area (Å²) in [6.45, 7) is 1.74. The summed E-state index contributed by atoms with van der Waals surface area (Å²) in [7, 11) is 0. The van der Waals surface area contributed by atoms with Gasteiger partial charge in [-0.3, -0.25) is 14.3 Å². The molecule has 154 valence electrons. The Hall–Kier alpha value is -3.06. The van der Waals surface area contributed by atoms with Crippen LogP contribution in [0.15, 0.2) is 48.7 Å². The number of aromatic nitrogens is 2. The van der Waals surface area contributed by atoms with Crippen molar-refractivity contribution in [2.75, 3.05) is 18.4 Å². The van der Waals surface area contributed by atoms with Crippen LogP contribution in [0.4, 0.5) is 5.69 Å². The van der Waals surface area contributed by atoms with Gasteiger partial charge in [0.1, 0.15) is 5.66 Å². The molecule has 3 aromatic rings. The van der Waals surface area contributed by atoms with Crippen LogP contribution in [0.2, 0.25) is 5.02 Å². The van der Waals surface area contributed by atoms with Crippen molar-refractivity contribution in [1.29, 1.82) is 0 Å². The molecule has 1 aromatic heterocycles. The summed E-state index contributed by atoms with van der Waals surface area (Å²) in [6, 6.07) is 13.3. The molecular formula is C22H22ClN5O2. The highest BCUT2D eigenvalue weighted by Crippen LogP contribution is 2.32. The molecule has 3 heterocycles. The minimum absolute atomic E-state index is 0.110. The smallest absolute Gasteiger partial charge is 0.255 e. The predicted molar refractivity (Wildman–Crippen MR) is 115 cm³/mol. The van der Waals surface area contributed by atoms with Gasteiger partial charge in [0.15, 0.2) is 0 Å². The third kappa shape index (κ3) is 3.39. The maximum absolute atomic E-state index is 12.8. The standard InChI is InChI=1S/C22H22ClN5O2/c23-16-5-6-18-17(13-16)21(30)26-22(25-18)8-11-27(12-9-22)20(29)7-10-28-19-4-2-1-3-15(19)14-24-28/h1-6,13-14,25H,7-12H2,(H,26,30). The van der Waals surface area contributed by atoms with Gasteiger partial charge in [-0.15, -0.1) is 0 Å². The normalized spacial score (nSPS) is 17.5. The Morgan fingerprint density at radius 2 is 1.93 bits per heavy atom. The molecule has 0 bridgehead atoms. The first-order chi connectivity index (χ1) is 14.5. The first-order valence-corrected chi connectivity index (χ1v) is 10.5. The summed E-state index contributed by atoms with van der Waals surface area (Å²) >= 11 is 6.01. The Bertz CT molecular complexity index is 1130. The third-order valence-electron chi connectivity index (χ3n) is 6.01. The first kappa shape index (κ1) is 18.9. The number of rotatable bonds is 3. The summed E-state index contributed by atoms with van der Waals surface area (Å²) in [5, 5.41) is 12.6. The molecule has 1 saturated heterocycles. The lowest BCUT2D eigenvalue weighted by molar-refractivity contribution is -0.133. The second-order valence-corrected chi connectivity index (χ2v) is 8.34. The largest absolute Gasteiger partial charge is 0.362 e. The minimum Gasteiger partial charge on any atom is -0.362 e. The zero-order valence-electron chi connectivity index (χ0n) is 16.4. The molecule has 0 saturated carbocycles. The van der Waals surface area contributed by atoms with Crippen LogP contribution in [0.25, 0.3) is 10.9 Å². The maximum Gasteiger partial charge on any atom is 0.255 e. The van der Waals surface area contributed by atoms with Crippen LogP contribution < -0.4 is 10.6 Å². The average Bonchev–Trinajstić information content (AvgIpc) is 3.16. The molecule has 2 N–H and O–H groups in total. The van der Waals surface area contributed by atoms with Crippen molar-refractivity contribution < 1.29 is 9.59 Å². The van der Waals surface area contributed by atoms with Gasteiger partial charge in [-0.25, -0.2) is 0 Å². The summed E-state index contributed by atoms with van der Waals surface area (Å²) in [5.41, 5.74) is 1.86. The number of fused-ring (bicyclic) bond motifs is 2. The number of anilines is 1. The SMILES string of the molecule is O=C1NC2(CCN(C(=O)CCn3ncc4ccccc43)CC2)Nc2ccc(Cl)cc21. The van der Waals surface area contributed by atoms with E-state index in [-0.39, 0.29) is 11.8 Å². The number of amides is 2. The van der Waals surface area contributed by atoms with Gasteiger partial charge in [0.25, 0.3) is 5.91 Å². The Morgan fingerprint density at radius 3 is 2.77 bits per heavy atom. The van der Waals surface area contributed by atoms with Crippen LogP contribution in [0, 0.1) is 0 Å². The van der Waals surface area contributed by atoms with Crippen molar-refractivity contribution in [3.05, 3.63) is 59.2 Å². The molecule has 2 amide bonds. The van der Waals surface area contributed by atoms with Gasteiger partial charge in [-0.2, -0.15) is 5.10 Å². The molecule has 0 atom stereocenters. The van der Waals surface area contributed by atoms with Gasteiger partial charge >= 0.3 is 0 Å². The summed E-state index contributed by atoms with van der Waals surface area (Å²) < 4.78 is 1.88. The lowest BCUT2D eigenvalue weighted by atomic mass is 9.92. The topological polar surface area (TPSA) is 79.3 Å². The molecule has 1 spiro atoms. The van der Waals surface area contributed by atoms with E-state index in [0.29, 0.717) is 49.5 Å². The molecule has 2 aliphatic heterocycles. The van der Waals surface area contributed by atoms with Crippen molar-refractivity contribution in [3.8, 4) is 0 Å². The van der Waals surface area contributed by atoms with E-state index in [4.69, 9.17) is 11.6 Å². The Kier molecular flexibility index (Phi) is 4.62. The van der Waals surface area contributed by atoms with Gasteiger partial charge < -0.3 is 15.5 Å². The molecule has 30 heavy (non-hydrogen) atoms. The van der Waals surface area contributed by atoms with Crippen LogP contribution in [-0.4, -0.2) is 45.2 Å². The Balaban J connectivity index is 1.21. The zero-order chi connectivity index (χ0) is 20.7. The second kappa shape index (κ2) is 7.32. The third-order valence-corrected chi connectivity index (χ3v) is 6.25.